The number of nitrogens with zero attached hydrogens (tertiary/aromatic N) is 1. The molecule has 2 aliphatic rings. The third-order valence-corrected chi connectivity index (χ3v) is 5.89. The third-order valence-electron chi connectivity index (χ3n) is 4.54. The van der Waals surface area contributed by atoms with Gasteiger partial charge in [0.25, 0.3) is 10.0 Å². The van der Waals surface area contributed by atoms with E-state index in [9.17, 15) is 18.3 Å². The van der Waals surface area contributed by atoms with Crippen molar-refractivity contribution in [2.24, 2.45) is 11.8 Å². The van der Waals surface area contributed by atoms with E-state index in [1.54, 1.807) is 17.1 Å². The van der Waals surface area contributed by atoms with E-state index in [-0.39, 0.29) is 11.0 Å². The van der Waals surface area contributed by atoms with E-state index in [4.69, 9.17) is 0 Å². The van der Waals surface area contributed by atoms with Crippen LogP contribution in [0.25, 0.3) is 0 Å². The molecule has 1 aromatic carbocycles. The van der Waals surface area contributed by atoms with Crippen molar-refractivity contribution in [1.29, 1.82) is 0 Å². The van der Waals surface area contributed by atoms with Crippen LogP contribution in [0.1, 0.15) is 18.4 Å². The van der Waals surface area contributed by atoms with Crippen molar-refractivity contribution >= 4 is 16.1 Å². The highest BCUT2D eigenvalue weighted by Gasteiger charge is 2.40. The van der Waals surface area contributed by atoms with Crippen LogP contribution in [-0.4, -0.2) is 43.8 Å². The summed E-state index contributed by atoms with van der Waals surface area (Å²) in [5.41, 5.74) is 3.53. The zero-order valence-electron chi connectivity index (χ0n) is 12.9. The molecule has 1 heterocycles. The first-order valence-corrected chi connectivity index (χ1v) is 9.15. The number of hydrazine groups is 1. The van der Waals surface area contributed by atoms with Crippen molar-refractivity contribution in [1.82, 2.24) is 15.2 Å². The SMILES string of the molecule is Cc1ccc(S(=O)(=O)NC(=O)NN2CC3CC(O)CC3C2)cc1. The molecule has 23 heavy (non-hydrogen) atoms. The van der Waals surface area contributed by atoms with Crippen molar-refractivity contribution in [3.8, 4) is 0 Å². The standard InChI is InChI=1S/C15H21N3O4S/c1-10-2-4-14(5-3-10)23(21,22)17-15(20)16-18-8-11-6-13(19)7-12(11)9-18/h2-5,11-13,19H,6-9H2,1H3,(H2,16,17,20). The van der Waals surface area contributed by atoms with E-state index in [1.807, 2.05) is 11.6 Å². The van der Waals surface area contributed by atoms with Crippen molar-refractivity contribution in [3.05, 3.63) is 29.8 Å². The van der Waals surface area contributed by atoms with Crippen LogP contribution in [0.4, 0.5) is 4.79 Å². The summed E-state index contributed by atoms with van der Waals surface area (Å²) in [6.07, 6.45) is 1.24. The second-order valence-corrected chi connectivity index (χ2v) is 8.09. The first kappa shape index (κ1) is 16.2. The number of nitrogens with one attached hydrogen (secondary N) is 2. The number of urea groups is 1. The van der Waals surface area contributed by atoms with Gasteiger partial charge in [0.2, 0.25) is 0 Å². The van der Waals surface area contributed by atoms with E-state index < -0.39 is 16.1 Å². The van der Waals surface area contributed by atoms with Gasteiger partial charge in [0.15, 0.2) is 0 Å². The molecule has 3 rings (SSSR count). The molecule has 1 aliphatic carbocycles. The summed E-state index contributed by atoms with van der Waals surface area (Å²) in [6, 6.07) is 5.53. The maximum atomic E-state index is 12.1. The Morgan fingerprint density at radius 2 is 1.74 bits per heavy atom. The van der Waals surface area contributed by atoms with E-state index in [2.05, 4.69) is 5.43 Å². The van der Waals surface area contributed by atoms with Crippen molar-refractivity contribution in [3.63, 3.8) is 0 Å². The summed E-state index contributed by atoms with van der Waals surface area (Å²) in [5.74, 6) is 0.720. The lowest BCUT2D eigenvalue weighted by Crippen LogP contribution is -2.48. The number of aryl methyl sites for hydroxylation is 1. The highest BCUT2D eigenvalue weighted by molar-refractivity contribution is 7.90. The number of sulfonamides is 1. The minimum atomic E-state index is -3.87. The quantitative estimate of drug-likeness (QED) is 0.749. The van der Waals surface area contributed by atoms with Crippen LogP contribution in [0, 0.1) is 18.8 Å². The highest BCUT2D eigenvalue weighted by Crippen LogP contribution is 2.37. The first-order chi connectivity index (χ1) is 10.8. The van der Waals surface area contributed by atoms with E-state index in [0.717, 1.165) is 18.4 Å². The lowest BCUT2D eigenvalue weighted by Gasteiger charge is -2.19. The minimum Gasteiger partial charge on any atom is -0.393 e. The number of carbonyl (C=O) groups excluding carboxylic acids is 1. The molecule has 0 bridgehead atoms. The normalized spacial score (nSPS) is 27.7. The van der Waals surface area contributed by atoms with Crippen LogP contribution in [0.2, 0.25) is 0 Å². The summed E-state index contributed by atoms with van der Waals surface area (Å²) >= 11 is 0. The molecule has 2 atom stereocenters. The fourth-order valence-corrected chi connectivity index (χ4v) is 4.33. The fourth-order valence-electron chi connectivity index (χ4n) is 3.42. The Balaban J connectivity index is 1.56. The Hall–Kier alpha value is -1.64. The Morgan fingerprint density at radius 3 is 2.30 bits per heavy atom. The summed E-state index contributed by atoms with van der Waals surface area (Å²) in [7, 11) is -3.87. The van der Waals surface area contributed by atoms with Gasteiger partial charge in [-0.05, 0) is 43.7 Å². The lowest BCUT2D eigenvalue weighted by atomic mass is 10.0. The lowest BCUT2D eigenvalue weighted by molar-refractivity contribution is 0.151. The van der Waals surface area contributed by atoms with E-state index >= 15 is 0 Å². The van der Waals surface area contributed by atoms with Gasteiger partial charge >= 0.3 is 6.03 Å². The van der Waals surface area contributed by atoms with Crippen molar-refractivity contribution < 1.29 is 18.3 Å². The number of aliphatic hydroxyl groups is 1. The molecule has 0 spiro atoms. The third kappa shape index (κ3) is 3.65. The van der Waals surface area contributed by atoms with Crippen LogP contribution in [0.5, 0.6) is 0 Å². The molecule has 126 valence electrons. The zero-order valence-corrected chi connectivity index (χ0v) is 13.7. The molecule has 2 fully saturated rings. The predicted molar refractivity (Wildman–Crippen MR) is 83.8 cm³/mol. The molecular formula is C15H21N3O4S. The van der Waals surface area contributed by atoms with Gasteiger partial charge in [-0.1, -0.05) is 17.7 Å². The second kappa shape index (κ2) is 6.10. The molecule has 7 nitrogen and oxygen atoms in total. The molecule has 1 aromatic rings. The van der Waals surface area contributed by atoms with Gasteiger partial charge < -0.3 is 5.11 Å². The Labute approximate surface area is 135 Å². The van der Waals surface area contributed by atoms with Crippen molar-refractivity contribution in [2.45, 2.75) is 30.8 Å². The van der Waals surface area contributed by atoms with Crippen LogP contribution in [0.3, 0.4) is 0 Å². The van der Waals surface area contributed by atoms with E-state index in [1.165, 1.54) is 12.1 Å². The molecule has 1 saturated heterocycles. The van der Waals surface area contributed by atoms with Crippen LogP contribution >= 0.6 is 0 Å². The smallest absolute Gasteiger partial charge is 0.343 e. The molecule has 0 radical (unpaired) electrons. The summed E-state index contributed by atoms with van der Waals surface area (Å²) in [4.78, 5) is 12.0. The molecule has 2 unspecified atom stereocenters. The monoisotopic (exact) mass is 339 g/mol. The average Bonchev–Trinajstić information content (AvgIpc) is 2.94. The zero-order chi connectivity index (χ0) is 16.6. The Kier molecular flexibility index (Phi) is 4.31. The molecular weight excluding hydrogens is 318 g/mol. The first-order valence-electron chi connectivity index (χ1n) is 7.66. The van der Waals surface area contributed by atoms with Gasteiger partial charge in [-0.15, -0.1) is 0 Å². The fraction of sp³-hybridized carbons (Fsp3) is 0.533. The maximum Gasteiger partial charge on any atom is 0.343 e. The highest BCUT2D eigenvalue weighted by atomic mass is 32.2. The largest absolute Gasteiger partial charge is 0.393 e. The van der Waals surface area contributed by atoms with E-state index in [0.29, 0.717) is 24.9 Å². The summed E-state index contributed by atoms with van der Waals surface area (Å²) < 4.78 is 26.3. The van der Waals surface area contributed by atoms with Gasteiger partial charge in [-0.25, -0.2) is 22.9 Å². The van der Waals surface area contributed by atoms with Crippen LogP contribution in [0.15, 0.2) is 29.2 Å². The average molecular weight is 339 g/mol. The number of rotatable bonds is 3. The second-order valence-electron chi connectivity index (χ2n) is 6.41. The molecule has 8 heteroatoms. The predicted octanol–water partition coefficient (Wildman–Crippen LogP) is 0.601. The number of hydrogen-bond acceptors (Lipinski definition) is 5. The number of benzene rings is 1. The molecule has 1 aliphatic heterocycles. The van der Waals surface area contributed by atoms with Gasteiger partial charge in [-0.3, -0.25) is 5.43 Å². The molecule has 2 amide bonds. The van der Waals surface area contributed by atoms with Crippen LogP contribution < -0.4 is 10.1 Å². The van der Waals surface area contributed by atoms with Gasteiger partial charge in [-0.2, -0.15) is 0 Å². The summed E-state index contributed by atoms with van der Waals surface area (Å²) in [5, 5.41) is 11.3. The number of carbonyl (C=O) groups is 1. The molecule has 1 saturated carbocycles. The van der Waals surface area contributed by atoms with Crippen molar-refractivity contribution in [2.75, 3.05) is 13.1 Å². The Bertz CT molecular complexity index is 675. The van der Waals surface area contributed by atoms with Gasteiger partial charge in [0.05, 0.1) is 11.0 Å². The minimum absolute atomic E-state index is 0.0552. The maximum absolute atomic E-state index is 12.1. The van der Waals surface area contributed by atoms with Crippen LogP contribution in [-0.2, 0) is 10.0 Å². The number of hydrogen-bond donors (Lipinski definition) is 3. The topological polar surface area (TPSA) is 98.7 Å². The number of amides is 2. The Morgan fingerprint density at radius 1 is 1.17 bits per heavy atom. The van der Waals surface area contributed by atoms with Gasteiger partial charge in [0, 0.05) is 13.1 Å². The summed E-state index contributed by atoms with van der Waals surface area (Å²) in [6.45, 7) is 3.14. The molecule has 3 N–H and O–H groups in total. The number of aliphatic hydroxyl groups excluding tert-OH is 1. The van der Waals surface area contributed by atoms with Gasteiger partial charge in [0.1, 0.15) is 0 Å². The number of fused-ring (bicyclic) bond motifs is 1. The molecule has 0 aromatic heterocycles.